The zero-order chi connectivity index (χ0) is 18.9. The normalized spacial score (nSPS) is 53.3. The second kappa shape index (κ2) is 5.68. The molecule has 0 aromatic carbocycles. The smallest absolute Gasteiger partial charge is 0.312 e. The van der Waals surface area contributed by atoms with Gasteiger partial charge in [0.25, 0.3) is 0 Å². The minimum Gasteiger partial charge on any atom is -0.481 e. The molecule has 0 unspecified atom stereocenters. The summed E-state index contributed by atoms with van der Waals surface area (Å²) in [6.45, 7) is 2.08. The van der Waals surface area contributed by atoms with E-state index in [1.165, 1.54) is 0 Å². The Labute approximate surface area is 153 Å². The molecule has 4 rings (SSSR count). The summed E-state index contributed by atoms with van der Waals surface area (Å²) in [6, 6.07) is 0. The Bertz CT molecular complexity index is 634. The number of carboxylic acid groups (broad SMARTS) is 2. The summed E-state index contributed by atoms with van der Waals surface area (Å²) < 4.78 is 0. The minimum atomic E-state index is -1.35. The average Bonchev–Trinajstić information content (AvgIpc) is 2.91. The number of aliphatic hydroxyl groups excluding tert-OH is 1. The molecule has 4 N–H and O–H groups in total. The van der Waals surface area contributed by atoms with Crippen LogP contribution in [0, 0.1) is 34.5 Å². The van der Waals surface area contributed by atoms with Gasteiger partial charge in [-0.2, -0.15) is 0 Å². The maximum absolute atomic E-state index is 12.5. The molecule has 26 heavy (non-hydrogen) atoms. The highest BCUT2D eigenvalue weighted by molar-refractivity contribution is 5.78. The summed E-state index contributed by atoms with van der Waals surface area (Å²) in [4.78, 5) is 24.2. The van der Waals surface area contributed by atoms with Crippen molar-refractivity contribution in [2.45, 2.75) is 76.4 Å². The standard InChI is InChI=1S/C20H30O6/c1-18-7-6-14-12(13(18)2-3-15(18)16(22)23)5-8-19(26)10-11(21)4-9-20(14,19)17(24)25/h11-15,21,26H,2-10H2,1H3,(H,22,23)(H,24,25)/t11-,12+,13+,14+,15-,18+,19+,20+/m0/s1. The van der Waals surface area contributed by atoms with Gasteiger partial charge in [-0.1, -0.05) is 6.92 Å². The number of hydrogen-bond donors (Lipinski definition) is 4. The number of fused-ring (bicyclic) bond motifs is 5. The fourth-order valence-electron chi connectivity index (χ4n) is 7.73. The van der Waals surface area contributed by atoms with Crippen molar-refractivity contribution < 1.29 is 30.0 Å². The summed E-state index contributed by atoms with van der Waals surface area (Å²) in [6.07, 6.45) is 4.23. The second-order valence-corrected chi connectivity index (χ2v) is 9.63. The van der Waals surface area contributed by atoms with Crippen molar-refractivity contribution in [2.24, 2.45) is 34.5 Å². The Morgan fingerprint density at radius 3 is 2.31 bits per heavy atom. The highest BCUT2D eigenvalue weighted by Crippen LogP contribution is 2.68. The molecular formula is C20H30O6. The molecule has 6 heteroatoms. The zero-order valence-electron chi connectivity index (χ0n) is 15.4. The third kappa shape index (κ3) is 2.12. The molecule has 4 saturated carbocycles. The van der Waals surface area contributed by atoms with Crippen LogP contribution in [0.1, 0.15) is 64.7 Å². The number of hydrogen-bond acceptors (Lipinski definition) is 4. The van der Waals surface area contributed by atoms with Crippen molar-refractivity contribution in [3.8, 4) is 0 Å². The van der Waals surface area contributed by atoms with Crippen LogP contribution in [0.3, 0.4) is 0 Å². The van der Waals surface area contributed by atoms with Crippen LogP contribution in [0.2, 0.25) is 0 Å². The Morgan fingerprint density at radius 2 is 1.65 bits per heavy atom. The van der Waals surface area contributed by atoms with Gasteiger partial charge in [0.15, 0.2) is 0 Å². The zero-order valence-corrected chi connectivity index (χ0v) is 15.4. The lowest BCUT2D eigenvalue weighted by Crippen LogP contribution is -2.67. The third-order valence-corrected chi connectivity index (χ3v) is 8.92. The van der Waals surface area contributed by atoms with Crippen molar-refractivity contribution in [3.63, 3.8) is 0 Å². The predicted molar refractivity (Wildman–Crippen MR) is 92.3 cm³/mol. The molecule has 0 aromatic heterocycles. The third-order valence-electron chi connectivity index (χ3n) is 8.92. The monoisotopic (exact) mass is 366 g/mol. The van der Waals surface area contributed by atoms with Crippen LogP contribution in [-0.2, 0) is 9.59 Å². The Balaban J connectivity index is 1.73. The maximum atomic E-state index is 12.5. The number of aliphatic hydroxyl groups is 2. The van der Waals surface area contributed by atoms with Gasteiger partial charge in [-0.15, -0.1) is 0 Å². The molecule has 0 aromatic rings. The first-order valence-electron chi connectivity index (χ1n) is 10.0. The Hall–Kier alpha value is -1.14. The molecule has 146 valence electrons. The Morgan fingerprint density at radius 1 is 0.923 bits per heavy atom. The summed E-state index contributed by atoms with van der Waals surface area (Å²) in [7, 11) is 0. The van der Waals surface area contributed by atoms with E-state index in [9.17, 15) is 30.0 Å². The van der Waals surface area contributed by atoms with E-state index in [-0.39, 0.29) is 35.5 Å². The van der Waals surface area contributed by atoms with E-state index in [1.54, 1.807) is 0 Å². The van der Waals surface area contributed by atoms with E-state index in [4.69, 9.17) is 0 Å². The van der Waals surface area contributed by atoms with Gasteiger partial charge < -0.3 is 20.4 Å². The van der Waals surface area contributed by atoms with Gasteiger partial charge in [0, 0.05) is 6.42 Å². The van der Waals surface area contributed by atoms with Crippen LogP contribution in [0.25, 0.3) is 0 Å². The molecule has 0 radical (unpaired) electrons. The van der Waals surface area contributed by atoms with Crippen LogP contribution in [-0.4, -0.2) is 44.1 Å². The summed E-state index contributed by atoms with van der Waals surface area (Å²) in [5.41, 5.74) is -2.82. The summed E-state index contributed by atoms with van der Waals surface area (Å²) >= 11 is 0. The minimum absolute atomic E-state index is 0.128. The first kappa shape index (κ1) is 18.2. The summed E-state index contributed by atoms with van der Waals surface area (Å²) in [5.74, 6) is -1.76. The van der Waals surface area contributed by atoms with Gasteiger partial charge >= 0.3 is 11.9 Å². The van der Waals surface area contributed by atoms with Crippen LogP contribution >= 0.6 is 0 Å². The van der Waals surface area contributed by atoms with Gasteiger partial charge in [-0.3, -0.25) is 9.59 Å². The maximum Gasteiger partial charge on any atom is 0.312 e. The van der Waals surface area contributed by atoms with E-state index in [0.29, 0.717) is 38.5 Å². The lowest BCUT2D eigenvalue weighted by Gasteiger charge is -2.62. The molecule has 4 fully saturated rings. The van der Waals surface area contributed by atoms with Crippen molar-refractivity contribution in [1.29, 1.82) is 0 Å². The highest BCUT2D eigenvalue weighted by atomic mass is 16.4. The Kier molecular flexibility index (Phi) is 3.98. The van der Waals surface area contributed by atoms with Crippen molar-refractivity contribution in [1.82, 2.24) is 0 Å². The number of carbonyl (C=O) groups is 2. The molecule has 0 aliphatic heterocycles. The first-order chi connectivity index (χ1) is 12.2. The van der Waals surface area contributed by atoms with Gasteiger partial charge in [-0.05, 0) is 74.5 Å². The lowest BCUT2D eigenvalue weighted by molar-refractivity contribution is -0.235. The molecule has 6 nitrogen and oxygen atoms in total. The molecule has 0 spiro atoms. The van der Waals surface area contributed by atoms with E-state index in [2.05, 4.69) is 6.92 Å². The van der Waals surface area contributed by atoms with Crippen LogP contribution in [0.5, 0.6) is 0 Å². The number of rotatable bonds is 2. The van der Waals surface area contributed by atoms with E-state index < -0.39 is 29.1 Å². The van der Waals surface area contributed by atoms with E-state index in [1.807, 2.05) is 0 Å². The highest BCUT2D eigenvalue weighted by Gasteiger charge is 2.69. The number of aliphatic carboxylic acids is 2. The second-order valence-electron chi connectivity index (χ2n) is 9.63. The predicted octanol–water partition coefficient (Wildman–Crippen LogP) is 2.27. The molecule has 4 aliphatic rings. The van der Waals surface area contributed by atoms with Crippen molar-refractivity contribution in [3.05, 3.63) is 0 Å². The van der Waals surface area contributed by atoms with Gasteiger partial charge in [0.05, 0.1) is 23.0 Å². The molecular weight excluding hydrogens is 336 g/mol. The molecule has 0 bridgehead atoms. The van der Waals surface area contributed by atoms with Gasteiger partial charge in [0.1, 0.15) is 0 Å². The van der Waals surface area contributed by atoms with Crippen molar-refractivity contribution in [2.75, 3.05) is 0 Å². The fourth-order valence-corrected chi connectivity index (χ4v) is 7.73. The molecule has 0 saturated heterocycles. The molecule has 8 atom stereocenters. The largest absolute Gasteiger partial charge is 0.481 e. The van der Waals surface area contributed by atoms with E-state index in [0.717, 1.165) is 12.8 Å². The topological polar surface area (TPSA) is 115 Å². The molecule has 4 aliphatic carbocycles. The van der Waals surface area contributed by atoms with Crippen LogP contribution < -0.4 is 0 Å². The van der Waals surface area contributed by atoms with Crippen LogP contribution in [0.15, 0.2) is 0 Å². The van der Waals surface area contributed by atoms with Crippen molar-refractivity contribution >= 4 is 11.9 Å². The van der Waals surface area contributed by atoms with Gasteiger partial charge in [0.2, 0.25) is 0 Å². The fraction of sp³-hybridized carbons (Fsp3) is 0.900. The number of carboxylic acids is 2. The molecule has 0 heterocycles. The lowest BCUT2D eigenvalue weighted by atomic mass is 9.42. The average molecular weight is 366 g/mol. The quantitative estimate of drug-likeness (QED) is 0.596. The SMILES string of the molecule is C[C@@]12CC[C@@H]3[C@H](CC[C@@]4(O)C[C@@H](O)CC[C@]34C(=O)O)[C@H]1CC[C@H]2C(=O)O. The van der Waals surface area contributed by atoms with Gasteiger partial charge in [-0.25, -0.2) is 0 Å². The van der Waals surface area contributed by atoms with E-state index >= 15 is 0 Å². The molecule has 0 amide bonds. The summed E-state index contributed by atoms with van der Waals surface area (Å²) in [5, 5.41) is 41.3. The first-order valence-corrected chi connectivity index (χ1v) is 10.0. The van der Waals surface area contributed by atoms with Crippen LogP contribution in [0.4, 0.5) is 0 Å².